The number of nitrogens with zero attached hydrogens (tertiary/aromatic N) is 2. The molecule has 2 aromatic carbocycles. The SMILES string of the molecule is CCCN(CCC)C1CCc2cccc(N(C=O)C(=O)OCc3ccccc3)c2C1. The first-order valence-corrected chi connectivity index (χ1v) is 11.0. The Bertz CT molecular complexity index is 832. The van der Waals surface area contributed by atoms with Crippen molar-refractivity contribution in [1.82, 2.24) is 4.90 Å². The van der Waals surface area contributed by atoms with E-state index in [0.717, 1.165) is 61.2 Å². The van der Waals surface area contributed by atoms with Crippen molar-refractivity contribution >= 4 is 18.2 Å². The number of benzene rings is 2. The van der Waals surface area contributed by atoms with E-state index in [1.165, 1.54) is 5.56 Å². The maximum atomic E-state index is 12.7. The summed E-state index contributed by atoms with van der Waals surface area (Å²) in [6.07, 6.45) is 5.10. The van der Waals surface area contributed by atoms with E-state index in [1.807, 2.05) is 42.5 Å². The maximum absolute atomic E-state index is 12.7. The number of rotatable bonds is 9. The van der Waals surface area contributed by atoms with Gasteiger partial charge in [0.1, 0.15) is 6.61 Å². The van der Waals surface area contributed by atoms with E-state index in [9.17, 15) is 9.59 Å². The molecule has 5 heteroatoms. The fourth-order valence-electron chi connectivity index (χ4n) is 4.33. The number of ether oxygens (including phenoxy) is 1. The van der Waals surface area contributed by atoms with Crippen LogP contribution in [0.15, 0.2) is 48.5 Å². The number of amides is 2. The third-order valence-electron chi connectivity index (χ3n) is 5.74. The van der Waals surface area contributed by atoms with Crippen molar-refractivity contribution in [3.05, 3.63) is 65.2 Å². The van der Waals surface area contributed by atoms with Crippen molar-refractivity contribution in [3.8, 4) is 0 Å². The van der Waals surface area contributed by atoms with Gasteiger partial charge in [-0.25, -0.2) is 9.69 Å². The van der Waals surface area contributed by atoms with Crippen molar-refractivity contribution in [1.29, 1.82) is 0 Å². The number of hydrogen-bond donors (Lipinski definition) is 0. The second kappa shape index (κ2) is 10.9. The van der Waals surface area contributed by atoms with Crippen LogP contribution in [0.4, 0.5) is 10.5 Å². The molecule has 0 aromatic heterocycles. The van der Waals surface area contributed by atoms with Gasteiger partial charge in [-0.2, -0.15) is 0 Å². The van der Waals surface area contributed by atoms with Gasteiger partial charge in [0.05, 0.1) is 5.69 Å². The van der Waals surface area contributed by atoms with Crippen LogP contribution < -0.4 is 4.90 Å². The molecule has 1 aliphatic rings. The minimum absolute atomic E-state index is 0.141. The Kier molecular flexibility index (Phi) is 8.03. The van der Waals surface area contributed by atoms with E-state index in [1.54, 1.807) is 0 Å². The highest BCUT2D eigenvalue weighted by atomic mass is 16.6. The molecule has 5 nitrogen and oxygen atoms in total. The summed E-state index contributed by atoms with van der Waals surface area (Å²) in [7, 11) is 0. The van der Waals surface area contributed by atoms with Crippen LogP contribution in [0.25, 0.3) is 0 Å². The molecule has 160 valence electrons. The molecular formula is C25H32N2O3. The van der Waals surface area contributed by atoms with E-state index in [-0.39, 0.29) is 6.61 Å². The van der Waals surface area contributed by atoms with Crippen molar-refractivity contribution in [2.24, 2.45) is 0 Å². The summed E-state index contributed by atoms with van der Waals surface area (Å²) in [5.41, 5.74) is 3.86. The Morgan fingerprint density at radius 1 is 1.07 bits per heavy atom. The molecule has 0 heterocycles. The highest BCUT2D eigenvalue weighted by Crippen LogP contribution is 2.32. The highest BCUT2D eigenvalue weighted by Gasteiger charge is 2.28. The summed E-state index contributed by atoms with van der Waals surface area (Å²) in [4.78, 5) is 28.3. The van der Waals surface area contributed by atoms with Crippen molar-refractivity contribution < 1.29 is 14.3 Å². The first-order chi connectivity index (χ1) is 14.7. The largest absolute Gasteiger partial charge is 0.444 e. The summed E-state index contributed by atoms with van der Waals surface area (Å²) < 4.78 is 5.42. The van der Waals surface area contributed by atoms with E-state index < -0.39 is 6.09 Å². The Hall–Kier alpha value is -2.66. The molecule has 0 spiro atoms. The zero-order valence-electron chi connectivity index (χ0n) is 18.0. The number of anilines is 1. The van der Waals surface area contributed by atoms with Crippen LogP contribution >= 0.6 is 0 Å². The molecule has 0 N–H and O–H groups in total. The molecule has 2 aromatic rings. The number of imide groups is 1. The molecule has 0 fully saturated rings. The van der Waals surface area contributed by atoms with Gasteiger partial charge >= 0.3 is 6.09 Å². The second-order valence-electron chi connectivity index (χ2n) is 7.86. The number of hydrogen-bond acceptors (Lipinski definition) is 4. The van der Waals surface area contributed by atoms with Gasteiger partial charge in [0, 0.05) is 6.04 Å². The van der Waals surface area contributed by atoms with Gasteiger partial charge in [-0.3, -0.25) is 4.79 Å². The molecule has 30 heavy (non-hydrogen) atoms. The van der Waals surface area contributed by atoms with Crippen molar-refractivity contribution in [2.75, 3.05) is 18.0 Å². The maximum Gasteiger partial charge on any atom is 0.421 e. The summed E-state index contributed by atoms with van der Waals surface area (Å²) in [5.74, 6) is 0. The Balaban J connectivity index is 1.78. The fourth-order valence-corrected chi connectivity index (χ4v) is 4.33. The standard InChI is InChI=1S/C25H32N2O3/c1-3-15-26(16-4-2)22-14-13-21-11-8-12-24(23(21)17-22)27(19-28)25(29)30-18-20-9-6-5-7-10-20/h5-12,19,22H,3-4,13-18H2,1-2H3. The quantitative estimate of drug-likeness (QED) is 0.550. The van der Waals surface area contributed by atoms with Gasteiger partial charge in [-0.15, -0.1) is 0 Å². The van der Waals surface area contributed by atoms with Gasteiger partial charge in [-0.05, 0) is 68.0 Å². The zero-order valence-corrected chi connectivity index (χ0v) is 18.0. The molecule has 0 bridgehead atoms. The zero-order chi connectivity index (χ0) is 21.3. The van der Waals surface area contributed by atoms with Crippen LogP contribution in [-0.2, 0) is 29.0 Å². The molecule has 0 saturated heterocycles. The Morgan fingerprint density at radius 3 is 2.47 bits per heavy atom. The topological polar surface area (TPSA) is 49.9 Å². The lowest BCUT2D eigenvalue weighted by molar-refractivity contribution is -0.107. The normalized spacial score (nSPS) is 15.5. The monoisotopic (exact) mass is 408 g/mol. The predicted molar refractivity (Wildman–Crippen MR) is 120 cm³/mol. The van der Waals surface area contributed by atoms with Gasteiger partial charge in [0.2, 0.25) is 6.41 Å². The predicted octanol–water partition coefficient (Wildman–Crippen LogP) is 4.97. The van der Waals surface area contributed by atoms with Crippen LogP contribution in [0, 0.1) is 0 Å². The van der Waals surface area contributed by atoms with Crippen LogP contribution in [0.5, 0.6) is 0 Å². The number of aryl methyl sites for hydroxylation is 1. The minimum atomic E-state index is -0.636. The van der Waals surface area contributed by atoms with Crippen molar-refractivity contribution in [3.63, 3.8) is 0 Å². The molecule has 1 atom stereocenters. The van der Waals surface area contributed by atoms with Crippen LogP contribution in [-0.4, -0.2) is 36.5 Å². The molecular weight excluding hydrogens is 376 g/mol. The number of fused-ring (bicyclic) bond motifs is 1. The van der Waals surface area contributed by atoms with Crippen LogP contribution in [0.3, 0.4) is 0 Å². The first kappa shape index (κ1) is 22.0. The molecule has 0 radical (unpaired) electrons. The van der Waals surface area contributed by atoms with Gasteiger partial charge < -0.3 is 9.64 Å². The molecule has 0 aliphatic heterocycles. The molecule has 1 aliphatic carbocycles. The summed E-state index contributed by atoms with van der Waals surface area (Å²) in [6.45, 7) is 6.71. The lowest BCUT2D eigenvalue weighted by Gasteiger charge is -2.36. The summed E-state index contributed by atoms with van der Waals surface area (Å²) in [6, 6.07) is 15.8. The van der Waals surface area contributed by atoms with Gasteiger partial charge in [-0.1, -0.05) is 56.3 Å². The minimum Gasteiger partial charge on any atom is -0.444 e. The van der Waals surface area contributed by atoms with E-state index >= 15 is 0 Å². The third kappa shape index (κ3) is 5.28. The Labute approximate surface area is 179 Å². The van der Waals surface area contributed by atoms with E-state index in [2.05, 4.69) is 24.8 Å². The number of carbonyl (C=O) groups excluding carboxylic acids is 2. The fraction of sp³-hybridized carbons (Fsp3) is 0.440. The van der Waals surface area contributed by atoms with Crippen molar-refractivity contribution in [2.45, 2.75) is 58.6 Å². The van der Waals surface area contributed by atoms with Crippen LogP contribution in [0.2, 0.25) is 0 Å². The lowest BCUT2D eigenvalue weighted by atomic mass is 9.86. The van der Waals surface area contributed by atoms with E-state index in [4.69, 9.17) is 4.74 Å². The summed E-state index contributed by atoms with van der Waals surface area (Å²) in [5, 5.41) is 0. The summed E-state index contributed by atoms with van der Waals surface area (Å²) >= 11 is 0. The smallest absolute Gasteiger partial charge is 0.421 e. The molecule has 1 unspecified atom stereocenters. The third-order valence-corrected chi connectivity index (χ3v) is 5.74. The van der Waals surface area contributed by atoms with Gasteiger partial charge in [0.15, 0.2) is 0 Å². The second-order valence-corrected chi connectivity index (χ2v) is 7.86. The lowest BCUT2D eigenvalue weighted by Crippen LogP contribution is -2.41. The van der Waals surface area contributed by atoms with E-state index in [0.29, 0.717) is 18.1 Å². The average molecular weight is 409 g/mol. The Morgan fingerprint density at radius 2 is 1.80 bits per heavy atom. The highest BCUT2D eigenvalue weighted by molar-refractivity contribution is 6.04. The van der Waals surface area contributed by atoms with Crippen LogP contribution in [0.1, 0.15) is 49.8 Å². The first-order valence-electron chi connectivity index (χ1n) is 11.0. The molecule has 3 rings (SSSR count). The number of carbonyl (C=O) groups is 2. The molecule has 2 amide bonds. The molecule has 0 saturated carbocycles. The van der Waals surface area contributed by atoms with Gasteiger partial charge in [0.25, 0.3) is 0 Å². The average Bonchev–Trinajstić information content (AvgIpc) is 2.78.